The van der Waals surface area contributed by atoms with Crippen LogP contribution >= 0.6 is 0 Å². The summed E-state index contributed by atoms with van der Waals surface area (Å²) in [6, 6.07) is 6.72. The second kappa shape index (κ2) is 9.22. The zero-order chi connectivity index (χ0) is 17.5. The number of benzene rings is 1. The van der Waals surface area contributed by atoms with E-state index in [0.29, 0.717) is 0 Å². The van der Waals surface area contributed by atoms with Crippen molar-refractivity contribution in [3.05, 3.63) is 35.0 Å². The molecule has 0 unspecified atom stereocenters. The molecule has 1 aliphatic rings. The molecular weight excluding hydrogens is 304 g/mol. The maximum absolute atomic E-state index is 5.05. The van der Waals surface area contributed by atoms with Crippen LogP contribution in [0.1, 0.15) is 81.5 Å². The smallest absolute Gasteiger partial charge is 0.0726 e. The Morgan fingerprint density at radius 1 is 0.960 bits per heavy atom. The second-order valence-electron chi connectivity index (χ2n) is 7.69. The molecule has 0 saturated carbocycles. The molecule has 0 saturated heterocycles. The molecule has 1 aromatic heterocycles. The molecule has 1 aliphatic carbocycles. The monoisotopic (exact) mass is 338 g/mol. The van der Waals surface area contributed by atoms with Crippen molar-refractivity contribution in [1.29, 1.82) is 0 Å². The van der Waals surface area contributed by atoms with Gasteiger partial charge >= 0.3 is 0 Å². The summed E-state index contributed by atoms with van der Waals surface area (Å²) >= 11 is 0. The highest BCUT2D eigenvalue weighted by Crippen LogP contribution is 2.33. The van der Waals surface area contributed by atoms with Gasteiger partial charge in [0.2, 0.25) is 0 Å². The van der Waals surface area contributed by atoms with Crippen LogP contribution in [0.5, 0.6) is 0 Å². The van der Waals surface area contributed by atoms with Crippen molar-refractivity contribution in [1.82, 2.24) is 4.98 Å². The van der Waals surface area contributed by atoms with Gasteiger partial charge in [0.25, 0.3) is 0 Å². The van der Waals surface area contributed by atoms with E-state index in [2.05, 4.69) is 37.4 Å². The second-order valence-corrected chi connectivity index (χ2v) is 7.69. The summed E-state index contributed by atoms with van der Waals surface area (Å²) in [7, 11) is 0. The largest absolute Gasteiger partial charge is 0.384 e. The van der Waals surface area contributed by atoms with Crippen molar-refractivity contribution in [3.63, 3.8) is 0 Å². The average molecular weight is 339 g/mol. The Labute approximate surface area is 153 Å². The molecule has 25 heavy (non-hydrogen) atoms. The van der Waals surface area contributed by atoms with Gasteiger partial charge in [-0.05, 0) is 56.7 Å². The summed E-state index contributed by atoms with van der Waals surface area (Å²) in [4.78, 5) is 5.05. The predicted molar refractivity (Wildman–Crippen MR) is 110 cm³/mol. The number of hydrogen-bond donors (Lipinski definition) is 1. The molecule has 2 heteroatoms. The zero-order valence-electron chi connectivity index (χ0n) is 16.2. The fourth-order valence-corrected chi connectivity index (χ4v) is 4.04. The number of nitrogens with one attached hydrogen (secondary N) is 1. The van der Waals surface area contributed by atoms with Crippen LogP contribution in [0.3, 0.4) is 0 Å². The van der Waals surface area contributed by atoms with Crippen molar-refractivity contribution < 1.29 is 0 Å². The Morgan fingerprint density at radius 3 is 2.60 bits per heavy atom. The number of hydrogen-bond acceptors (Lipinski definition) is 2. The van der Waals surface area contributed by atoms with Gasteiger partial charge in [-0.15, -0.1) is 0 Å². The van der Waals surface area contributed by atoms with Crippen molar-refractivity contribution in [2.24, 2.45) is 0 Å². The average Bonchev–Trinajstić information content (AvgIpc) is 2.59. The Kier molecular flexibility index (Phi) is 6.72. The maximum atomic E-state index is 5.05. The van der Waals surface area contributed by atoms with Gasteiger partial charge in [-0.25, -0.2) is 0 Å². The lowest BCUT2D eigenvalue weighted by Crippen LogP contribution is -2.11. The molecule has 2 aromatic rings. The lowest BCUT2D eigenvalue weighted by Gasteiger charge is -2.21. The van der Waals surface area contributed by atoms with E-state index < -0.39 is 0 Å². The molecule has 0 spiro atoms. The Bertz CT molecular complexity index is 690. The number of aryl methyl sites for hydroxylation is 2. The molecule has 136 valence electrons. The summed E-state index contributed by atoms with van der Waals surface area (Å²) < 4.78 is 0. The van der Waals surface area contributed by atoms with Crippen LogP contribution in [0.2, 0.25) is 0 Å². The maximum Gasteiger partial charge on any atom is 0.0726 e. The number of anilines is 1. The van der Waals surface area contributed by atoms with Crippen LogP contribution < -0.4 is 5.32 Å². The summed E-state index contributed by atoms with van der Waals surface area (Å²) in [5.74, 6) is 0. The predicted octanol–water partition coefficient (Wildman–Crippen LogP) is 6.58. The Hall–Kier alpha value is -1.57. The van der Waals surface area contributed by atoms with E-state index in [4.69, 9.17) is 4.98 Å². The van der Waals surface area contributed by atoms with Gasteiger partial charge < -0.3 is 5.32 Å². The molecule has 0 fully saturated rings. The third-order valence-corrected chi connectivity index (χ3v) is 5.50. The fraction of sp³-hybridized carbons (Fsp3) is 0.609. The number of aromatic nitrogens is 1. The first-order chi connectivity index (χ1) is 12.3. The van der Waals surface area contributed by atoms with E-state index in [0.717, 1.165) is 13.0 Å². The molecule has 0 bridgehead atoms. The topological polar surface area (TPSA) is 24.9 Å². The minimum atomic E-state index is 1.09. The van der Waals surface area contributed by atoms with Gasteiger partial charge in [0.1, 0.15) is 0 Å². The normalized spacial score (nSPS) is 14.8. The van der Waals surface area contributed by atoms with Gasteiger partial charge in [-0.2, -0.15) is 0 Å². The number of unbranched alkanes of at least 4 members (excludes halogenated alkanes) is 4. The van der Waals surface area contributed by atoms with E-state index in [1.165, 1.54) is 97.6 Å². The third-order valence-electron chi connectivity index (χ3n) is 5.50. The van der Waals surface area contributed by atoms with Crippen LogP contribution in [0.4, 0.5) is 5.69 Å². The van der Waals surface area contributed by atoms with E-state index in [1.807, 2.05) is 0 Å². The highest BCUT2D eigenvalue weighted by atomic mass is 14.9. The zero-order valence-corrected chi connectivity index (χ0v) is 16.2. The molecular formula is C23H34N2. The highest BCUT2D eigenvalue weighted by Gasteiger charge is 2.16. The Morgan fingerprint density at radius 2 is 1.76 bits per heavy atom. The van der Waals surface area contributed by atoms with E-state index >= 15 is 0 Å². The SMILES string of the molecule is CCCCCCCNc1c2c(nc3ccc(C)cc13)CCCCCC2. The number of nitrogens with zero attached hydrogens (tertiary/aromatic N) is 1. The first-order valence-corrected chi connectivity index (χ1v) is 10.5. The van der Waals surface area contributed by atoms with Gasteiger partial charge in [0.05, 0.1) is 5.52 Å². The first-order valence-electron chi connectivity index (χ1n) is 10.5. The van der Waals surface area contributed by atoms with Crippen LogP contribution in [0.25, 0.3) is 10.9 Å². The molecule has 0 radical (unpaired) electrons. The Balaban J connectivity index is 1.86. The highest BCUT2D eigenvalue weighted by molar-refractivity contribution is 5.94. The first kappa shape index (κ1) is 18.2. The van der Waals surface area contributed by atoms with Crippen LogP contribution in [0.15, 0.2) is 18.2 Å². The van der Waals surface area contributed by atoms with Crippen molar-refractivity contribution in [3.8, 4) is 0 Å². The summed E-state index contributed by atoms with van der Waals surface area (Å²) in [6.45, 7) is 5.55. The molecule has 1 heterocycles. The van der Waals surface area contributed by atoms with Gasteiger partial charge in [-0.1, -0.05) is 57.1 Å². The number of fused-ring (bicyclic) bond motifs is 2. The van der Waals surface area contributed by atoms with Gasteiger partial charge in [-0.3, -0.25) is 4.98 Å². The molecule has 3 rings (SSSR count). The number of pyridine rings is 1. The van der Waals surface area contributed by atoms with Crippen LogP contribution in [0, 0.1) is 6.92 Å². The van der Waals surface area contributed by atoms with E-state index in [-0.39, 0.29) is 0 Å². The molecule has 1 aromatic carbocycles. The summed E-state index contributed by atoms with van der Waals surface area (Å²) in [5, 5.41) is 5.15. The van der Waals surface area contributed by atoms with Crippen molar-refractivity contribution >= 4 is 16.6 Å². The molecule has 0 aliphatic heterocycles. The molecule has 2 nitrogen and oxygen atoms in total. The van der Waals surface area contributed by atoms with E-state index in [1.54, 1.807) is 0 Å². The molecule has 0 atom stereocenters. The summed E-state index contributed by atoms with van der Waals surface area (Å²) in [6.07, 6.45) is 14.3. The minimum absolute atomic E-state index is 1.09. The number of rotatable bonds is 7. The van der Waals surface area contributed by atoms with Crippen molar-refractivity contribution in [2.75, 3.05) is 11.9 Å². The third kappa shape index (κ3) is 4.74. The van der Waals surface area contributed by atoms with Gasteiger partial charge in [0, 0.05) is 23.3 Å². The van der Waals surface area contributed by atoms with E-state index in [9.17, 15) is 0 Å². The van der Waals surface area contributed by atoms with Gasteiger partial charge in [0.15, 0.2) is 0 Å². The lowest BCUT2D eigenvalue weighted by atomic mass is 9.93. The van der Waals surface area contributed by atoms with Crippen LogP contribution in [-0.4, -0.2) is 11.5 Å². The molecule has 0 amide bonds. The summed E-state index contributed by atoms with van der Waals surface area (Å²) in [5.41, 5.74) is 6.74. The minimum Gasteiger partial charge on any atom is -0.384 e. The lowest BCUT2D eigenvalue weighted by molar-refractivity contribution is 0.610. The standard InChI is InChI=1S/C23H34N2/c1-3-4-5-8-11-16-24-23-19-12-9-6-7-10-13-21(19)25-22-15-14-18(2)17-20(22)23/h14-15,17H,3-13,16H2,1-2H3,(H,24,25). The van der Waals surface area contributed by atoms with Crippen LogP contribution in [-0.2, 0) is 12.8 Å². The van der Waals surface area contributed by atoms with Crippen molar-refractivity contribution in [2.45, 2.75) is 84.5 Å². The molecule has 1 N–H and O–H groups in total. The quantitative estimate of drug-likeness (QED) is 0.576. The fourth-order valence-electron chi connectivity index (χ4n) is 4.04.